The fraction of sp³-hybridized carbons (Fsp3) is 0.312. The van der Waals surface area contributed by atoms with E-state index in [2.05, 4.69) is 10.6 Å². The zero-order valence-corrected chi connectivity index (χ0v) is 13.0. The summed E-state index contributed by atoms with van der Waals surface area (Å²) in [6, 6.07) is 9.73. The molecule has 1 aromatic heterocycles. The molecule has 112 valence electrons. The van der Waals surface area contributed by atoms with Crippen molar-refractivity contribution >= 4 is 22.9 Å². The van der Waals surface area contributed by atoms with Crippen LogP contribution in [0.5, 0.6) is 0 Å². The molecule has 0 aliphatic heterocycles. The molecule has 0 aliphatic rings. The normalized spacial score (nSPS) is 13.7. The third-order valence-corrected chi connectivity index (χ3v) is 3.95. The Labute approximate surface area is 128 Å². The van der Waals surface area contributed by atoms with Crippen molar-refractivity contribution in [3.05, 3.63) is 52.2 Å². The first kappa shape index (κ1) is 15.7. The summed E-state index contributed by atoms with van der Waals surface area (Å²) in [4.78, 5) is 11.1. The van der Waals surface area contributed by atoms with Crippen molar-refractivity contribution in [1.82, 2.24) is 5.32 Å². The number of rotatable bonds is 6. The Morgan fingerprint density at radius 3 is 2.81 bits per heavy atom. The van der Waals surface area contributed by atoms with Crippen LogP contribution >= 0.6 is 11.3 Å². The lowest BCUT2D eigenvalue weighted by Crippen LogP contribution is -2.24. The maximum atomic E-state index is 11.1. The molecule has 1 aromatic carbocycles. The van der Waals surface area contributed by atoms with Gasteiger partial charge >= 0.3 is 0 Å². The lowest BCUT2D eigenvalue weighted by Gasteiger charge is -2.18. The molecular weight excluding hydrogens is 284 g/mol. The van der Waals surface area contributed by atoms with Gasteiger partial charge in [-0.25, -0.2) is 0 Å². The highest BCUT2D eigenvalue weighted by Crippen LogP contribution is 2.19. The number of hydrogen-bond acceptors (Lipinski definition) is 4. The Morgan fingerprint density at radius 2 is 2.14 bits per heavy atom. The predicted octanol–water partition coefficient (Wildman–Crippen LogP) is 3.09. The van der Waals surface area contributed by atoms with Gasteiger partial charge in [-0.05, 0) is 47.0 Å². The molecule has 2 atom stereocenters. The highest BCUT2D eigenvalue weighted by atomic mass is 32.1. The summed E-state index contributed by atoms with van der Waals surface area (Å²) >= 11 is 1.58. The maximum Gasteiger partial charge on any atom is 0.221 e. The molecule has 2 rings (SSSR count). The molecule has 2 aromatic rings. The Kier molecular flexibility index (Phi) is 5.50. The van der Waals surface area contributed by atoms with Gasteiger partial charge in [0.15, 0.2) is 0 Å². The zero-order chi connectivity index (χ0) is 15.2. The molecule has 4 nitrogen and oxygen atoms in total. The maximum absolute atomic E-state index is 11.1. The fourth-order valence-corrected chi connectivity index (χ4v) is 2.78. The number of thiophene rings is 1. The quantitative estimate of drug-likeness (QED) is 0.768. The summed E-state index contributed by atoms with van der Waals surface area (Å²) in [5.41, 5.74) is 2.79. The molecule has 21 heavy (non-hydrogen) atoms. The van der Waals surface area contributed by atoms with E-state index >= 15 is 0 Å². The van der Waals surface area contributed by atoms with Crippen LogP contribution in [0.3, 0.4) is 0 Å². The second-order valence-corrected chi connectivity index (χ2v) is 5.79. The molecule has 1 amide bonds. The second-order valence-electron chi connectivity index (χ2n) is 5.01. The van der Waals surface area contributed by atoms with Crippen LogP contribution in [0.25, 0.3) is 0 Å². The standard InChI is InChI=1S/C16H20N2O2S/c1-11(17-9-16(20)14-6-7-21-10-14)13-4-3-5-15(8-13)18-12(2)19/h3-8,10-11,16-17,20H,9H2,1-2H3,(H,18,19). The number of aliphatic hydroxyl groups excluding tert-OH is 1. The highest BCUT2D eigenvalue weighted by molar-refractivity contribution is 7.07. The Hall–Kier alpha value is -1.69. The number of aliphatic hydroxyl groups is 1. The molecule has 1 heterocycles. The summed E-state index contributed by atoms with van der Waals surface area (Å²) in [7, 11) is 0. The van der Waals surface area contributed by atoms with Gasteiger partial charge in [0.1, 0.15) is 0 Å². The van der Waals surface area contributed by atoms with Crippen LogP contribution in [-0.4, -0.2) is 17.6 Å². The number of hydrogen-bond donors (Lipinski definition) is 3. The van der Waals surface area contributed by atoms with Crippen molar-refractivity contribution in [3.63, 3.8) is 0 Å². The summed E-state index contributed by atoms with van der Waals surface area (Å²) in [6.07, 6.45) is -0.503. The highest BCUT2D eigenvalue weighted by Gasteiger charge is 2.11. The molecule has 5 heteroatoms. The van der Waals surface area contributed by atoms with Crippen molar-refractivity contribution in [2.75, 3.05) is 11.9 Å². The van der Waals surface area contributed by atoms with Crippen molar-refractivity contribution in [2.24, 2.45) is 0 Å². The molecule has 0 aliphatic carbocycles. The predicted molar refractivity (Wildman–Crippen MR) is 86.4 cm³/mol. The van der Waals surface area contributed by atoms with Gasteiger partial charge in [-0.3, -0.25) is 4.79 Å². The summed E-state index contributed by atoms with van der Waals surface area (Å²) in [5, 5.41) is 20.1. The first-order chi connectivity index (χ1) is 10.1. The minimum absolute atomic E-state index is 0.0827. The average molecular weight is 304 g/mol. The minimum atomic E-state index is -0.503. The Balaban J connectivity index is 1.93. The topological polar surface area (TPSA) is 61.4 Å². The summed E-state index contributed by atoms with van der Waals surface area (Å²) < 4.78 is 0. The van der Waals surface area contributed by atoms with Crippen molar-refractivity contribution in [1.29, 1.82) is 0 Å². The van der Waals surface area contributed by atoms with E-state index in [9.17, 15) is 9.90 Å². The van der Waals surface area contributed by atoms with Crippen molar-refractivity contribution < 1.29 is 9.90 Å². The van der Waals surface area contributed by atoms with Gasteiger partial charge in [0.05, 0.1) is 6.10 Å². The molecule has 0 radical (unpaired) electrons. The summed E-state index contributed by atoms with van der Waals surface area (Å²) in [5.74, 6) is -0.0827. The third kappa shape index (κ3) is 4.67. The van der Waals surface area contributed by atoms with Gasteiger partial charge in [0.25, 0.3) is 0 Å². The van der Waals surface area contributed by atoms with E-state index in [1.165, 1.54) is 6.92 Å². The largest absolute Gasteiger partial charge is 0.387 e. The Morgan fingerprint density at radius 1 is 1.33 bits per heavy atom. The van der Waals surface area contributed by atoms with E-state index < -0.39 is 6.10 Å². The number of nitrogens with one attached hydrogen (secondary N) is 2. The monoisotopic (exact) mass is 304 g/mol. The van der Waals surface area contributed by atoms with E-state index in [0.717, 1.165) is 16.8 Å². The van der Waals surface area contributed by atoms with Crippen LogP contribution < -0.4 is 10.6 Å². The number of benzene rings is 1. The van der Waals surface area contributed by atoms with E-state index in [1.54, 1.807) is 11.3 Å². The molecular formula is C16H20N2O2S. The molecule has 0 spiro atoms. The van der Waals surface area contributed by atoms with Crippen molar-refractivity contribution in [3.8, 4) is 0 Å². The van der Waals surface area contributed by atoms with Crippen LogP contribution in [0.1, 0.15) is 37.1 Å². The van der Waals surface area contributed by atoms with Crippen molar-refractivity contribution in [2.45, 2.75) is 26.0 Å². The number of carbonyl (C=O) groups is 1. The van der Waals surface area contributed by atoms with E-state index in [4.69, 9.17) is 0 Å². The molecule has 3 N–H and O–H groups in total. The number of anilines is 1. The SMILES string of the molecule is CC(=O)Nc1cccc(C(C)NCC(O)c2ccsc2)c1. The number of amides is 1. The molecule has 0 fully saturated rings. The van der Waals surface area contributed by atoms with Gasteiger partial charge in [0.2, 0.25) is 5.91 Å². The Bertz CT molecular complexity index is 584. The first-order valence-electron chi connectivity index (χ1n) is 6.87. The molecule has 0 bridgehead atoms. The minimum Gasteiger partial charge on any atom is -0.387 e. The molecule has 0 saturated heterocycles. The molecule has 2 unspecified atom stereocenters. The van der Waals surface area contributed by atoms with Gasteiger partial charge in [-0.15, -0.1) is 0 Å². The van der Waals surface area contributed by atoms with Gasteiger partial charge < -0.3 is 15.7 Å². The van der Waals surface area contributed by atoms with E-state index in [-0.39, 0.29) is 11.9 Å². The molecule has 0 saturated carbocycles. The number of carbonyl (C=O) groups excluding carboxylic acids is 1. The van der Waals surface area contributed by atoms with Crippen LogP contribution in [-0.2, 0) is 4.79 Å². The van der Waals surface area contributed by atoms with Crippen LogP contribution in [0.2, 0.25) is 0 Å². The van der Waals surface area contributed by atoms with Crippen LogP contribution in [0, 0.1) is 0 Å². The van der Waals surface area contributed by atoms with Gasteiger partial charge in [-0.2, -0.15) is 11.3 Å². The van der Waals surface area contributed by atoms with Gasteiger partial charge in [0, 0.05) is 25.2 Å². The fourth-order valence-electron chi connectivity index (χ4n) is 2.08. The third-order valence-electron chi connectivity index (χ3n) is 3.25. The van der Waals surface area contributed by atoms with E-state index in [1.807, 2.05) is 48.0 Å². The first-order valence-corrected chi connectivity index (χ1v) is 7.81. The van der Waals surface area contributed by atoms with Crippen LogP contribution in [0.15, 0.2) is 41.1 Å². The smallest absolute Gasteiger partial charge is 0.221 e. The average Bonchev–Trinajstić information content (AvgIpc) is 2.98. The summed E-state index contributed by atoms with van der Waals surface area (Å²) in [6.45, 7) is 4.01. The van der Waals surface area contributed by atoms with Gasteiger partial charge in [-0.1, -0.05) is 12.1 Å². The lowest BCUT2D eigenvalue weighted by atomic mass is 10.1. The zero-order valence-electron chi connectivity index (χ0n) is 12.2. The van der Waals surface area contributed by atoms with Crippen LogP contribution in [0.4, 0.5) is 5.69 Å². The second kappa shape index (κ2) is 7.36. The lowest BCUT2D eigenvalue weighted by molar-refractivity contribution is -0.114. The van der Waals surface area contributed by atoms with E-state index in [0.29, 0.717) is 6.54 Å².